The van der Waals surface area contributed by atoms with Gasteiger partial charge >= 0.3 is 5.97 Å². The standard InChI is InChI=1S/C8H14O2.2H2O/c9-8(10)7-5-3-1-2-4-6-7;;/h7H,1-6H2,(H,9,10);2*1H2. The predicted molar refractivity (Wildman–Crippen MR) is 46.1 cm³/mol. The van der Waals surface area contributed by atoms with Crippen molar-refractivity contribution >= 4 is 5.97 Å². The van der Waals surface area contributed by atoms with Crippen molar-refractivity contribution in [2.75, 3.05) is 0 Å². The van der Waals surface area contributed by atoms with Gasteiger partial charge in [0.05, 0.1) is 5.92 Å². The van der Waals surface area contributed by atoms with Crippen LogP contribution < -0.4 is 0 Å². The first-order valence-electron chi connectivity index (χ1n) is 4.03. The number of carboxylic acid groups (broad SMARTS) is 1. The monoisotopic (exact) mass is 178 g/mol. The van der Waals surface area contributed by atoms with Crippen LogP contribution in [0.2, 0.25) is 0 Å². The van der Waals surface area contributed by atoms with E-state index < -0.39 is 5.97 Å². The van der Waals surface area contributed by atoms with Gasteiger partial charge in [-0.2, -0.15) is 0 Å². The Balaban J connectivity index is 0. The third-order valence-electron chi connectivity index (χ3n) is 2.20. The summed E-state index contributed by atoms with van der Waals surface area (Å²) in [7, 11) is 0. The fourth-order valence-electron chi connectivity index (χ4n) is 1.53. The summed E-state index contributed by atoms with van der Waals surface area (Å²) in [6.07, 6.45) is 6.46. The van der Waals surface area contributed by atoms with Gasteiger partial charge in [-0.25, -0.2) is 0 Å². The summed E-state index contributed by atoms with van der Waals surface area (Å²) < 4.78 is 0. The molecule has 0 unspecified atom stereocenters. The second-order valence-electron chi connectivity index (χ2n) is 3.03. The van der Waals surface area contributed by atoms with E-state index in [1.807, 2.05) is 0 Å². The number of aliphatic carboxylic acids is 1. The zero-order valence-corrected chi connectivity index (χ0v) is 7.18. The highest BCUT2D eigenvalue weighted by Crippen LogP contribution is 2.22. The quantitative estimate of drug-likeness (QED) is 0.587. The summed E-state index contributed by atoms with van der Waals surface area (Å²) in [5.41, 5.74) is 0. The van der Waals surface area contributed by atoms with E-state index in [0.717, 1.165) is 25.7 Å². The number of hydrogen-bond donors (Lipinski definition) is 1. The lowest BCUT2D eigenvalue weighted by molar-refractivity contribution is -0.142. The van der Waals surface area contributed by atoms with E-state index in [4.69, 9.17) is 5.11 Å². The largest absolute Gasteiger partial charge is 0.481 e. The first-order valence-corrected chi connectivity index (χ1v) is 4.03. The summed E-state index contributed by atoms with van der Waals surface area (Å²) in [5, 5.41) is 8.66. The molecule has 0 aromatic heterocycles. The smallest absolute Gasteiger partial charge is 0.306 e. The van der Waals surface area contributed by atoms with Crippen molar-refractivity contribution in [3.8, 4) is 0 Å². The van der Waals surface area contributed by atoms with Gasteiger partial charge in [0.15, 0.2) is 0 Å². The van der Waals surface area contributed by atoms with Crippen LogP contribution in [0.5, 0.6) is 0 Å². The molecule has 0 radical (unpaired) electrons. The van der Waals surface area contributed by atoms with Gasteiger partial charge in [0.2, 0.25) is 0 Å². The van der Waals surface area contributed by atoms with Crippen LogP contribution in [-0.4, -0.2) is 22.0 Å². The van der Waals surface area contributed by atoms with E-state index in [1.165, 1.54) is 12.8 Å². The third-order valence-corrected chi connectivity index (χ3v) is 2.20. The molecular formula is C8H18O4. The second kappa shape index (κ2) is 7.06. The van der Waals surface area contributed by atoms with Gasteiger partial charge in [-0.1, -0.05) is 25.7 Å². The van der Waals surface area contributed by atoms with Crippen LogP contribution in [0.4, 0.5) is 0 Å². The van der Waals surface area contributed by atoms with E-state index >= 15 is 0 Å². The molecule has 1 saturated carbocycles. The van der Waals surface area contributed by atoms with Crippen LogP contribution in [0, 0.1) is 5.92 Å². The lowest BCUT2D eigenvalue weighted by atomic mass is 10.0. The molecular weight excluding hydrogens is 160 g/mol. The van der Waals surface area contributed by atoms with E-state index in [1.54, 1.807) is 0 Å². The van der Waals surface area contributed by atoms with Gasteiger partial charge < -0.3 is 16.1 Å². The molecule has 0 atom stereocenters. The zero-order chi connectivity index (χ0) is 7.40. The highest BCUT2D eigenvalue weighted by Gasteiger charge is 2.18. The van der Waals surface area contributed by atoms with Crippen molar-refractivity contribution in [3.05, 3.63) is 0 Å². The third kappa shape index (κ3) is 4.31. The van der Waals surface area contributed by atoms with Crippen molar-refractivity contribution in [1.29, 1.82) is 0 Å². The van der Waals surface area contributed by atoms with Gasteiger partial charge in [-0.15, -0.1) is 0 Å². The molecule has 0 bridgehead atoms. The summed E-state index contributed by atoms with van der Waals surface area (Å²) in [5.74, 6) is -0.635. The molecule has 0 aromatic rings. The van der Waals surface area contributed by atoms with Crippen molar-refractivity contribution < 1.29 is 20.9 Å². The van der Waals surface area contributed by atoms with Gasteiger partial charge in [0, 0.05) is 0 Å². The first kappa shape index (κ1) is 13.9. The Morgan fingerprint density at radius 2 is 1.42 bits per heavy atom. The Morgan fingerprint density at radius 1 is 1.00 bits per heavy atom. The average Bonchev–Trinajstić information content (AvgIpc) is 2.12. The Labute approximate surface area is 72.2 Å². The summed E-state index contributed by atoms with van der Waals surface area (Å²) in [6, 6.07) is 0. The minimum atomic E-state index is -0.595. The predicted octanol–water partition coefficient (Wildman–Crippen LogP) is 0.392. The van der Waals surface area contributed by atoms with Crippen molar-refractivity contribution in [2.45, 2.75) is 38.5 Å². The van der Waals surface area contributed by atoms with E-state index in [0.29, 0.717) is 0 Å². The molecule has 0 saturated heterocycles. The first-order chi connectivity index (χ1) is 4.80. The molecule has 1 aliphatic rings. The average molecular weight is 178 g/mol. The van der Waals surface area contributed by atoms with Crippen LogP contribution in [0.3, 0.4) is 0 Å². The van der Waals surface area contributed by atoms with Crippen LogP contribution in [-0.2, 0) is 4.79 Å². The summed E-state index contributed by atoms with van der Waals surface area (Å²) in [6.45, 7) is 0. The van der Waals surface area contributed by atoms with Crippen LogP contribution in [0.1, 0.15) is 38.5 Å². The topological polar surface area (TPSA) is 100 Å². The molecule has 0 spiro atoms. The molecule has 4 nitrogen and oxygen atoms in total. The van der Waals surface area contributed by atoms with Gasteiger partial charge in [-0.05, 0) is 12.8 Å². The molecule has 0 heterocycles. The van der Waals surface area contributed by atoms with Gasteiger partial charge in [-0.3, -0.25) is 4.79 Å². The summed E-state index contributed by atoms with van der Waals surface area (Å²) >= 11 is 0. The SMILES string of the molecule is O.O.O=C(O)C1CCCCCC1. The maximum absolute atomic E-state index is 10.5. The molecule has 0 amide bonds. The molecule has 1 fully saturated rings. The zero-order valence-electron chi connectivity index (χ0n) is 7.18. The molecule has 5 N–H and O–H groups in total. The van der Waals surface area contributed by atoms with Gasteiger partial charge in [0.25, 0.3) is 0 Å². The van der Waals surface area contributed by atoms with E-state index in [9.17, 15) is 4.79 Å². The number of rotatable bonds is 1. The van der Waals surface area contributed by atoms with Crippen LogP contribution in [0.25, 0.3) is 0 Å². The van der Waals surface area contributed by atoms with Crippen molar-refractivity contribution in [1.82, 2.24) is 0 Å². The lowest BCUT2D eigenvalue weighted by Gasteiger charge is -2.05. The minimum Gasteiger partial charge on any atom is -0.481 e. The van der Waals surface area contributed by atoms with Crippen molar-refractivity contribution in [3.63, 3.8) is 0 Å². The molecule has 1 rings (SSSR count). The Morgan fingerprint density at radius 3 is 1.75 bits per heavy atom. The second-order valence-corrected chi connectivity index (χ2v) is 3.03. The molecule has 74 valence electrons. The van der Waals surface area contributed by atoms with E-state index in [-0.39, 0.29) is 16.9 Å². The van der Waals surface area contributed by atoms with E-state index in [2.05, 4.69) is 0 Å². The maximum Gasteiger partial charge on any atom is 0.306 e. The number of hydrogen-bond acceptors (Lipinski definition) is 1. The summed E-state index contributed by atoms with van der Waals surface area (Å²) in [4.78, 5) is 10.5. The normalized spacial score (nSPS) is 18.3. The maximum atomic E-state index is 10.5. The number of carbonyl (C=O) groups is 1. The van der Waals surface area contributed by atoms with Crippen molar-refractivity contribution in [2.24, 2.45) is 5.92 Å². The molecule has 1 aliphatic carbocycles. The Bertz CT molecular complexity index is 116. The Hall–Kier alpha value is -0.610. The fraction of sp³-hybridized carbons (Fsp3) is 0.875. The van der Waals surface area contributed by atoms with Crippen LogP contribution in [0.15, 0.2) is 0 Å². The number of carboxylic acids is 1. The highest BCUT2D eigenvalue weighted by molar-refractivity contribution is 5.69. The molecule has 4 heteroatoms. The van der Waals surface area contributed by atoms with Crippen LogP contribution >= 0.6 is 0 Å². The fourth-order valence-corrected chi connectivity index (χ4v) is 1.53. The lowest BCUT2D eigenvalue weighted by Crippen LogP contribution is -2.11. The molecule has 12 heavy (non-hydrogen) atoms. The molecule has 0 aromatic carbocycles. The Kier molecular flexibility index (Phi) is 8.21. The van der Waals surface area contributed by atoms with Gasteiger partial charge in [0.1, 0.15) is 0 Å². The molecule has 0 aliphatic heterocycles. The minimum absolute atomic E-state index is 0. The highest BCUT2D eigenvalue weighted by atomic mass is 16.4.